The van der Waals surface area contributed by atoms with Gasteiger partial charge in [0.2, 0.25) is 0 Å². The molecule has 66 heavy (non-hydrogen) atoms. The number of rotatable bonds is 6. The van der Waals surface area contributed by atoms with Crippen LogP contribution in [-0.4, -0.2) is 8.80 Å². The first-order valence-electron chi connectivity index (χ1n) is 22.8. The molecule has 306 valence electrons. The fourth-order valence-corrected chi connectivity index (χ4v) is 11.5. The van der Waals surface area contributed by atoms with Crippen LogP contribution in [0.5, 0.6) is 0 Å². The highest BCUT2D eigenvalue weighted by Crippen LogP contribution is 2.49. The third-order valence-corrected chi connectivity index (χ3v) is 14.3. The fraction of sp³-hybridized carbons (Fsp3) is 0. The summed E-state index contributed by atoms with van der Waals surface area (Å²) in [6, 6.07) is 85.1. The van der Waals surface area contributed by atoms with E-state index in [1.807, 2.05) is 0 Å². The number of benzene rings is 11. The van der Waals surface area contributed by atoms with Crippen LogP contribution in [0.25, 0.3) is 97.7 Å². The summed E-state index contributed by atoms with van der Waals surface area (Å²) in [5.41, 5.74) is 14.1. The lowest BCUT2D eigenvalue weighted by Crippen LogP contribution is -2.13. The van der Waals surface area contributed by atoms with Gasteiger partial charge in [0.15, 0.2) is 0 Å². The van der Waals surface area contributed by atoms with Crippen LogP contribution < -0.4 is 9.80 Å². The molecule has 11 aromatic carbocycles. The summed E-state index contributed by atoms with van der Waals surface area (Å²) in [5, 5.41) is 14.9. The normalized spacial score (nSPS) is 12.2. The summed E-state index contributed by atoms with van der Waals surface area (Å²) in [6.45, 7) is 0. The molecule has 0 fully saturated rings. The third-order valence-electron chi connectivity index (χ3n) is 14.3. The van der Waals surface area contributed by atoms with Gasteiger partial charge < -0.3 is 18.6 Å². The van der Waals surface area contributed by atoms with Crippen LogP contribution in [0.15, 0.2) is 231 Å². The minimum Gasteiger partial charge on any atom is -0.310 e. The molecule has 0 bridgehead atoms. The molecule has 0 aliphatic heterocycles. The van der Waals surface area contributed by atoms with E-state index < -0.39 is 0 Å². The summed E-state index contributed by atoms with van der Waals surface area (Å²) in [4.78, 5) is 4.94. The maximum atomic E-state index is 2.50. The maximum Gasteiger partial charge on any atom is 0.0622 e. The van der Waals surface area contributed by atoms with Crippen molar-refractivity contribution in [2.24, 2.45) is 0 Å². The van der Waals surface area contributed by atoms with E-state index in [0.29, 0.717) is 0 Å². The summed E-state index contributed by atoms with van der Waals surface area (Å²) in [5.74, 6) is 0. The molecule has 0 spiro atoms. The summed E-state index contributed by atoms with van der Waals surface area (Å²) in [6.07, 6.45) is 0. The smallest absolute Gasteiger partial charge is 0.0622 e. The Labute approximate surface area is 379 Å². The van der Waals surface area contributed by atoms with Crippen LogP contribution in [0.1, 0.15) is 0 Å². The number of anilines is 6. The number of hydrogen-bond donors (Lipinski definition) is 0. The standard InChI is InChI=1S/C62H38N4/c1-3-19-45-39(15-1)17-13-29-55(45)64(56-30-14-18-40-16-2-4-20-46(40)56)42-33-31-41(32-34-42)63(43-35-51-47-21-5-9-25-57(47)65-58-26-10-6-22-48(58)52(36-43)61(51)65)44-37-53-49-23-7-11-27-59(49)66-60-28-12-8-24-50(60)54(38-44)62(53)66/h1-38H. The zero-order valence-electron chi connectivity index (χ0n) is 35.7. The molecule has 15 rings (SSSR count). The van der Waals surface area contributed by atoms with Crippen molar-refractivity contribution in [2.45, 2.75) is 0 Å². The molecule has 4 aromatic heterocycles. The number of hydrogen-bond acceptors (Lipinski definition) is 2. The second kappa shape index (κ2) is 13.3. The Balaban J connectivity index is 1.01. The second-order valence-corrected chi connectivity index (χ2v) is 17.7. The highest BCUT2D eigenvalue weighted by molar-refractivity contribution is 6.26. The van der Waals surface area contributed by atoms with Crippen LogP contribution in [0.2, 0.25) is 0 Å². The zero-order valence-corrected chi connectivity index (χ0v) is 35.7. The Kier molecular flexibility index (Phi) is 7.19. The maximum absolute atomic E-state index is 2.50. The van der Waals surface area contributed by atoms with Gasteiger partial charge in [-0.1, -0.05) is 146 Å². The van der Waals surface area contributed by atoms with Gasteiger partial charge in [-0.2, -0.15) is 0 Å². The van der Waals surface area contributed by atoms with Crippen molar-refractivity contribution in [3.63, 3.8) is 0 Å². The van der Waals surface area contributed by atoms with Gasteiger partial charge in [-0.3, -0.25) is 0 Å². The van der Waals surface area contributed by atoms with E-state index in [9.17, 15) is 0 Å². The third kappa shape index (κ3) is 4.82. The number of fused-ring (bicyclic) bond motifs is 14. The highest BCUT2D eigenvalue weighted by Gasteiger charge is 2.25. The lowest BCUT2D eigenvalue weighted by Gasteiger charge is -2.30. The van der Waals surface area contributed by atoms with Gasteiger partial charge in [0, 0.05) is 76.6 Å². The molecule has 0 atom stereocenters. The van der Waals surface area contributed by atoms with Crippen LogP contribution in [0.4, 0.5) is 34.1 Å². The van der Waals surface area contributed by atoms with Crippen molar-refractivity contribution in [2.75, 3.05) is 9.80 Å². The molecule has 0 saturated carbocycles. The van der Waals surface area contributed by atoms with Crippen molar-refractivity contribution in [1.82, 2.24) is 8.80 Å². The summed E-state index contributed by atoms with van der Waals surface area (Å²) < 4.78 is 4.93. The molecule has 4 nitrogen and oxygen atoms in total. The van der Waals surface area contributed by atoms with Crippen LogP contribution in [0, 0.1) is 0 Å². The van der Waals surface area contributed by atoms with Gasteiger partial charge in [0.05, 0.1) is 44.5 Å². The average Bonchev–Trinajstić information content (AvgIpc) is 4.11. The first kappa shape index (κ1) is 35.6. The molecule has 0 amide bonds. The van der Waals surface area contributed by atoms with E-state index in [4.69, 9.17) is 0 Å². The Morgan fingerprint density at radius 2 is 0.530 bits per heavy atom. The molecule has 0 aliphatic rings. The molecule has 0 aliphatic carbocycles. The van der Waals surface area contributed by atoms with E-state index in [-0.39, 0.29) is 0 Å². The van der Waals surface area contributed by atoms with E-state index in [0.717, 1.165) is 34.1 Å². The largest absolute Gasteiger partial charge is 0.310 e. The second-order valence-electron chi connectivity index (χ2n) is 17.7. The monoisotopic (exact) mass is 838 g/mol. The molecular weight excluding hydrogens is 801 g/mol. The Bertz CT molecular complexity index is 3980. The van der Waals surface area contributed by atoms with Crippen molar-refractivity contribution in [3.05, 3.63) is 231 Å². The zero-order chi connectivity index (χ0) is 43.0. The van der Waals surface area contributed by atoms with Crippen molar-refractivity contribution in [3.8, 4) is 0 Å². The highest BCUT2D eigenvalue weighted by atomic mass is 15.2. The average molecular weight is 839 g/mol. The SMILES string of the molecule is c1ccc2c(N(c3ccc(N(c4cc5c6ccccc6n6c7ccccc7c(c4)c56)c4cc5c6ccccc6n6c7ccccc7c(c4)c56)cc3)c3cccc4ccccc34)cccc2c1. The molecule has 0 N–H and O–H groups in total. The summed E-state index contributed by atoms with van der Waals surface area (Å²) in [7, 11) is 0. The van der Waals surface area contributed by atoms with Crippen molar-refractivity contribution >= 4 is 132 Å². The van der Waals surface area contributed by atoms with Crippen molar-refractivity contribution < 1.29 is 0 Å². The number of para-hydroxylation sites is 4. The minimum atomic E-state index is 1.08. The Morgan fingerprint density at radius 1 is 0.227 bits per heavy atom. The quantitative estimate of drug-likeness (QED) is 0.166. The predicted molar refractivity (Wildman–Crippen MR) is 280 cm³/mol. The molecule has 0 radical (unpaired) electrons. The van der Waals surface area contributed by atoms with Gasteiger partial charge in [-0.15, -0.1) is 0 Å². The van der Waals surface area contributed by atoms with Gasteiger partial charge in [-0.25, -0.2) is 0 Å². The number of nitrogens with zero attached hydrogens (tertiary/aromatic N) is 4. The fourth-order valence-electron chi connectivity index (χ4n) is 11.5. The minimum absolute atomic E-state index is 1.08. The van der Waals surface area contributed by atoms with Crippen LogP contribution >= 0.6 is 0 Å². The lowest BCUT2D eigenvalue weighted by molar-refractivity contribution is 1.28. The molecule has 4 heteroatoms. The van der Waals surface area contributed by atoms with Crippen LogP contribution in [-0.2, 0) is 0 Å². The first-order chi connectivity index (χ1) is 32.8. The summed E-state index contributed by atoms with van der Waals surface area (Å²) >= 11 is 0. The first-order valence-corrected chi connectivity index (χ1v) is 22.8. The van der Waals surface area contributed by atoms with E-state index in [1.165, 1.54) is 97.7 Å². The Morgan fingerprint density at radius 3 is 0.909 bits per heavy atom. The van der Waals surface area contributed by atoms with Gasteiger partial charge in [0.25, 0.3) is 0 Å². The van der Waals surface area contributed by atoms with E-state index >= 15 is 0 Å². The van der Waals surface area contributed by atoms with Gasteiger partial charge in [0.1, 0.15) is 0 Å². The van der Waals surface area contributed by atoms with Crippen molar-refractivity contribution in [1.29, 1.82) is 0 Å². The van der Waals surface area contributed by atoms with Gasteiger partial charge in [-0.05, 0) is 95.7 Å². The molecule has 0 saturated heterocycles. The lowest BCUT2D eigenvalue weighted by atomic mass is 10.0. The molecular formula is C62H38N4. The van der Waals surface area contributed by atoms with Gasteiger partial charge >= 0.3 is 0 Å². The molecule has 15 aromatic rings. The van der Waals surface area contributed by atoms with E-state index in [1.54, 1.807) is 0 Å². The predicted octanol–water partition coefficient (Wildman–Crippen LogP) is 17.2. The Hall–Kier alpha value is -8.86. The number of aromatic nitrogens is 2. The molecule has 4 heterocycles. The molecule has 0 unspecified atom stereocenters. The van der Waals surface area contributed by atoms with E-state index in [2.05, 4.69) is 249 Å². The topological polar surface area (TPSA) is 15.3 Å². The van der Waals surface area contributed by atoms with Crippen LogP contribution in [0.3, 0.4) is 0 Å².